The second-order valence-corrected chi connectivity index (χ2v) is 6.85. The fourth-order valence-corrected chi connectivity index (χ4v) is 3.33. The smallest absolute Gasteiger partial charge is 0.253 e. The van der Waals surface area contributed by atoms with Crippen LogP contribution in [0.2, 0.25) is 0 Å². The summed E-state index contributed by atoms with van der Waals surface area (Å²) in [4.78, 5) is 14.8. The van der Waals surface area contributed by atoms with Crippen molar-refractivity contribution in [1.29, 1.82) is 0 Å². The predicted molar refractivity (Wildman–Crippen MR) is 112 cm³/mol. The number of halogens is 1. The van der Waals surface area contributed by atoms with Gasteiger partial charge in [-0.05, 0) is 55.6 Å². The third kappa shape index (κ3) is 6.26. The summed E-state index contributed by atoms with van der Waals surface area (Å²) in [6.07, 6.45) is 2.14. The van der Waals surface area contributed by atoms with Crippen molar-refractivity contribution in [3.63, 3.8) is 0 Å². The van der Waals surface area contributed by atoms with Gasteiger partial charge in [0.05, 0.1) is 0 Å². The lowest BCUT2D eigenvalue weighted by molar-refractivity contribution is 0.0690. The summed E-state index contributed by atoms with van der Waals surface area (Å²) in [7, 11) is 0. The summed E-state index contributed by atoms with van der Waals surface area (Å²) < 4.78 is 5.85. The van der Waals surface area contributed by atoms with Crippen molar-refractivity contribution in [3.05, 3.63) is 65.7 Å². The molecule has 5 heteroatoms. The summed E-state index contributed by atoms with van der Waals surface area (Å²) in [6.45, 7) is 6.38. The molecule has 2 aromatic rings. The van der Waals surface area contributed by atoms with Crippen LogP contribution in [0, 0.1) is 5.92 Å². The topological polar surface area (TPSA) is 41.6 Å². The van der Waals surface area contributed by atoms with Crippen molar-refractivity contribution in [1.82, 2.24) is 10.2 Å². The molecule has 0 saturated carbocycles. The van der Waals surface area contributed by atoms with Gasteiger partial charge in [-0.25, -0.2) is 0 Å². The van der Waals surface area contributed by atoms with Crippen LogP contribution < -0.4 is 10.1 Å². The molecule has 0 atom stereocenters. The van der Waals surface area contributed by atoms with E-state index in [0.29, 0.717) is 18.1 Å². The number of carbonyl (C=O) groups is 1. The van der Waals surface area contributed by atoms with Gasteiger partial charge >= 0.3 is 0 Å². The fraction of sp³-hybridized carbons (Fsp3) is 0.409. The van der Waals surface area contributed by atoms with E-state index in [0.717, 1.165) is 50.3 Å². The van der Waals surface area contributed by atoms with Crippen LogP contribution >= 0.6 is 12.4 Å². The molecular weight excluding hydrogens is 360 g/mol. The van der Waals surface area contributed by atoms with E-state index in [1.807, 2.05) is 59.5 Å². The molecule has 4 nitrogen and oxygen atoms in total. The molecule has 1 aliphatic rings. The molecule has 0 bridgehead atoms. The molecule has 0 spiro atoms. The quantitative estimate of drug-likeness (QED) is 0.774. The zero-order valence-corrected chi connectivity index (χ0v) is 16.7. The average molecular weight is 389 g/mol. The van der Waals surface area contributed by atoms with E-state index >= 15 is 0 Å². The van der Waals surface area contributed by atoms with Crippen molar-refractivity contribution in [2.45, 2.75) is 26.4 Å². The third-order valence-corrected chi connectivity index (χ3v) is 4.91. The van der Waals surface area contributed by atoms with Gasteiger partial charge in [0.1, 0.15) is 12.4 Å². The summed E-state index contributed by atoms with van der Waals surface area (Å²) in [5, 5.41) is 3.41. The summed E-state index contributed by atoms with van der Waals surface area (Å²) in [5.41, 5.74) is 1.83. The molecule has 0 unspecified atom stereocenters. The van der Waals surface area contributed by atoms with Crippen LogP contribution in [-0.2, 0) is 6.61 Å². The van der Waals surface area contributed by atoms with E-state index in [1.54, 1.807) is 0 Å². The first-order chi connectivity index (χ1) is 12.8. The van der Waals surface area contributed by atoms with Gasteiger partial charge in [0.25, 0.3) is 5.91 Å². The highest BCUT2D eigenvalue weighted by Gasteiger charge is 2.23. The second kappa shape index (κ2) is 11.0. The predicted octanol–water partition coefficient (Wildman–Crippen LogP) is 4.15. The maximum absolute atomic E-state index is 12.8. The summed E-state index contributed by atoms with van der Waals surface area (Å²) >= 11 is 0. The van der Waals surface area contributed by atoms with E-state index in [2.05, 4.69) is 12.2 Å². The van der Waals surface area contributed by atoms with Crippen LogP contribution in [0.4, 0.5) is 0 Å². The van der Waals surface area contributed by atoms with Gasteiger partial charge in [-0.15, -0.1) is 12.4 Å². The summed E-state index contributed by atoms with van der Waals surface area (Å²) in [6, 6.07) is 17.6. The van der Waals surface area contributed by atoms with Gasteiger partial charge in [-0.3, -0.25) is 4.79 Å². The van der Waals surface area contributed by atoms with E-state index in [9.17, 15) is 4.79 Å². The highest BCUT2D eigenvalue weighted by Crippen LogP contribution is 2.21. The zero-order valence-electron chi connectivity index (χ0n) is 15.9. The van der Waals surface area contributed by atoms with Crippen molar-refractivity contribution in [2.24, 2.45) is 5.92 Å². The molecule has 1 N–H and O–H groups in total. The average Bonchev–Trinajstić information content (AvgIpc) is 2.71. The van der Waals surface area contributed by atoms with Crippen LogP contribution in [0.1, 0.15) is 35.7 Å². The molecule has 1 heterocycles. The SMILES string of the molecule is CCNCC1CCN(C(=O)c2cccc(OCc3ccccc3)c2)CC1.Cl. The summed E-state index contributed by atoms with van der Waals surface area (Å²) in [5.74, 6) is 1.53. The van der Waals surface area contributed by atoms with Crippen molar-refractivity contribution in [2.75, 3.05) is 26.2 Å². The lowest BCUT2D eigenvalue weighted by Crippen LogP contribution is -2.40. The largest absolute Gasteiger partial charge is 0.489 e. The molecule has 146 valence electrons. The van der Waals surface area contributed by atoms with Gasteiger partial charge in [0, 0.05) is 18.7 Å². The van der Waals surface area contributed by atoms with E-state index in [-0.39, 0.29) is 18.3 Å². The van der Waals surface area contributed by atoms with Crippen LogP contribution in [0.5, 0.6) is 5.75 Å². The van der Waals surface area contributed by atoms with Crippen LogP contribution in [0.15, 0.2) is 54.6 Å². The number of piperidine rings is 1. The first kappa shape index (κ1) is 21.3. The maximum Gasteiger partial charge on any atom is 0.253 e. The van der Waals surface area contributed by atoms with E-state index in [4.69, 9.17) is 4.74 Å². The van der Waals surface area contributed by atoms with Gasteiger partial charge in [-0.2, -0.15) is 0 Å². The van der Waals surface area contributed by atoms with Crippen molar-refractivity contribution >= 4 is 18.3 Å². The molecule has 1 amide bonds. The number of rotatable bonds is 7. The second-order valence-electron chi connectivity index (χ2n) is 6.85. The number of ether oxygens (including phenoxy) is 1. The minimum absolute atomic E-state index is 0. The molecule has 3 rings (SSSR count). The number of hydrogen-bond acceptors (Lipinski definition) is 3. The Morgan fingerprint density at radius 1 is 1.11 bits per heavy atom. The number of nitrogens with one attached hydrogen (secondary N) is 1. The minimum Gasteiger partial charge on any atom is -0.489 e. The monoisotopic (exact) mass is 388 g/mol. The Kier molecular flexibility index (Phi) is 8.62. The van der Waals surface area contributed by atoms with E-state index in [1.165, 1.54) is 0 Å². The van der Waals surface area contributed by atoms with Gasteiger partial charge < -0.3 is 15.0 Å². The first-order valence-electron chi connectivity index (χ1n) is 9.53. The Balaban J connectivity index is 0.00000261. The highest BCUT2D eigenvalue weighted by atomic mass is 35.5. The Hall–Kier alpha value is -2.04. The first-order valence-corrected chi connectivity index (χ1v) is 9.53. The van der Waals surface area contributed by atoms with Crippen LogP contribution in [0.25, 0.3) is 0 Å². The molecule has 27 heavy (non-hydrogen) atoms. The van der Waals surface area contributed by atoms with Crippen molar-refractivity contribution in [3.8, 4) is 5.75 Å². The Morgan fingerprint density at radius 2 is 1.85 bits per heavy atom. The number of benzene rings is 2. The van der Waals surface area contributed by atoms with Gasteiger partial charge in [-0.1, -0.05) is 43.3 Å². The molecule has 0 aliphatic carbocycles. The Morgan fingerprint density at radius 3 is 2.56 bits per heavy atom. The molecule has 0 radical (unpaired) electrons. The Labute approximate surface area is 168 Å². The zero-order chi connectivity index (χ0) is 18.2. The van der Waals surface area contributed by atoms with E-state index < -0.39 is 0 Å². The van der Waals surface area contributed by atoms with Crippen LogP contribution in [-0.4, -0.2) is 37.0 Å². The molecule has 1 saturated heterocycles. The lowest BCUT2D eigenvalue weighted by atomic mass is 9.96. The molecular formula is C22H29ClN2O2. The maximum atomic E-state index is 12.8. The standard InChI is InChI=1S/C22H28N2O2.ClH/c1-2-23-16-18-11-13-24(14-12-18)22(25)20-9-6-10-21(15-20)26-17-19-7-4-3-5-8-19;/h3-10,15,18,23H,2,11-14,16-17H2,1H3;1H. The lowest BCUT2D eigenvalue weighted by Gasteiger charge is -2.32. The number of amides is 1. The highest BCUT2D eigenvalue weighted by molar-refractivity contribution is 5.94. The van der Waals surface area contributed by atoms with Crippen LogP contribution in [0.3, 0.4) is 0 Å². The number of hydrogen-bond donors (Lipinski definition) is 1. The van der Waals surface area contributed by atoms with Crippen molar-refractivity contribution < 1.29 is 9.53 Å². The van der Waals surface area contributed by atoms with Gasteiger partial charge in [0.15, 0.2) is 0 Å². The van der Waals surface area contributed by atoms with Gasteiger partial charge in [0.2, 0.25) is 0 Å². The normalized spacial score (nSPS) is 14.5. The molecule has 2 aromatic carbocycles. The number of carbonyl (C=O) groups excluding carboxylic acids is 1. The molecule has 0 aromatic heterocycles. The fourth-order valence-electron chi connectivity index (χ4n) is 3.33. The Bertz CT molecular complexity index is 700. The third-order valence-electron chi connectivity index (χ3n) is 4.91. The number of nitrogens with zero attached hydrogens (tertiary/aromatic N) is 1. The molecule has 1 fully saturated rings. The minimum atomic E-state index is 0. The number of likely N-dealkylation sites (tertiary alicyclic amines) is 1. The molecule has 1 aliphatic heterocycles.